The lowest BCUT2D eigenvalue weighted by atomic mass is 10.2. The zero-order valence-electron chi connectivity index (χ0n) is 12.9. The molecule has 5 nitrogen and oxygen atoms in total. The summed E-state index contributed by atoms with van der Waals surface area (Å²) < 4.78 is 8.80. The minimum absolute atomic E-state index is 0.430. The molecule has 1 aliphatic rings. The van der Waals surface area contributed by atoms with Crippen LogP contribution in [0.2, 0.25) is 0 Å². The fourth-order valence-electron chi connectivity index (χ4n) is 2.69. The third kappa shape index (κ3) is 2.89. The Labute approximate surface area is 152 Å². The molecule has 1 aromatic carbocycles. The normalized spacial score (nSPS) is 19.9. The molecule has 4 rings (SSSR count). The van der Waals surface area contributed by atoms with Crippen LogP contribution in [0.5, 0.6) is 0 Å². The molecule has 0 radical (unpaired) electrons. The van der Waals surface area contributed by atoms with E-state index in [1.807, 2.05) is 36.4 Å². The van der Waals surface area contributed by atoms with E-state index >= 15 is 0 Å². The van der Waals surface area contributed by atoms with Crippen molar-refractivity contribution in [1.29, 1.82) is 0 Å². The number of nitrogens with zero attached hydrogens (tertiary/aromatic N) is 3. The molecule has 1 N–H and O–H groups in total. The highest BCUT2D eigenvalue weighted by Crippen LogP contribution is 2.47. The van der Waals surface area contributed by atoms with Gasteiger partial charge in [0.05, 0.1) is 6.21 Å². The van der Waals surface area contributed by atoms with Crippen LogP contribution in [0.25, 0.3) is 11.4 Å². The van der Waals surface area contributed by atoms with Gasteiger partial charge in [-0.15, -0.1) is 0 Å². The Morgan fingerprint density at radius 3 is 2.92 bits per heavy atom. The fraction of sp³-hybridized carbons (Fsp3) is 0.235. The number of furan rings is 1. The van der Waals surface area contributed by atoms with Gasteiger partial charge in [0.2, 0.25) is 4.77 Å². The average Bonchev–Trinajstić information content (AvgIpc) is 2.97. The second kappa shape index (κ2) is 6.14. The minimum Gasteiger partial charge on any atom is -0.460 e. The van der Waals surface area contributed by atoms with E-state index in [2.05, 4.69) is 38.2 Å². The fourth-order valence-corrected chi connectivity index (χ4v) is 3.33. The van der Waals surface area contributed by atoms with Crippen molar-refractivity contribution >= 4 is 34.4 Å². The molecule has 0 aliphatic heterocycles. The first-order valence-electron chi connectivity index (χ1n) is 7.70. The Morgan fingerprint density at radius 1 is 1.38 bits per heavy atom. The lowest BCUT2D eigenvalue weighted by molar-refractivity contribution is 0.500. The molecule has 7 heteroatoms. The molecule has 0 unspecified atom stereocenters. The van der Waals surface area contributed by atoms with Gasteiger partial charge in [0, 0.05) is 16.0 Å². The number of aromatic nitrogens is 3. The van der Waals surface area contributed by atoms with Crippen LogP contribution < -0.4 is 0 Å². The van der Waals surface area contributed by atoms with Gasteiger partial charge in [-0.25, -0.2) is 5.10 Å². The van der Waals surface area contributed by atoms with Crippen molar-refractivity contribution in [3.05, 3.63) is 57.2 Å². The van der Waals surface area contributed by atoms with Gasteiger partial charge in [0.25, 0.3) is 0 Å². The molecule has 0 amide bonds. The largest absolute Gasteiger partial charge is 0.460 e. The van der Waals surface area contributed by atoms with Crippen LogP contribution in [0.4, 0.5) is 0 Å². The summed E-state index contributed by atoms with van der Waals surface area (Å²) in [6.45, 7) is 2.23. The van der Waals surface area contributed by atoms with Gasteiger partial charge in [-0.1, -0.05) is 35.0 Å². The van der Waals surface area contributed by atoms with E-state index in [0.717, 1.165) is 15.8 Å². The lowest BCUT2D eigenvalue weighted by Crippen LogP contribution is -1.95. The molecule has 0 bridgehead atoms. The molecule has 24 heavy (non-hydrogen) atoms. The molecule has 2 heterocycles. The van der Waals surface area contributed by atoms with Crippen LogP contribution in [-0.2, 0) is 0 Å². The number of hydrogen-bond donors (Lipinski definition) is 1. The van der Waals surface area contributed by atoms with E-state index in [4.69, 9.17) is 16.6 Å². The molecule has 1 fully saturated rings. The maximum atomic E-state index is 5.85. The Kier molecular flexibility index (Phi) is 3.97. The number of benzene rings is 1. The molecule has 0 spiro atoms. The van der Waals surface area contributed by atoms with Gasteiger partial charge in [0.1, 0.15) is 11.5 Å². The van der Waals surface area contributed by atoms with Crippen molar-refractivity contribution in [1.82, 2.24) is 14.9 Å². The molecule has 1 aliphatic carbocycles. The standard InChI is InChI=1S/C17H15BrN4OS/c1-10-8-13(10)15-7-6-11(23-15)9-19-22-16(20-21-17(22)24)12-4-2-3-5-14(12)18/h2-7,9-10,13H,8H2,1H3,(H,21,24)/b19-9-/t10-,13-/m0/s1. The van der Waals surface area contributed by atoms with Gasteiger partial charge in [-0.3, -0.25) is 0 Å². The van der Waals surface area contributed by atoms with Gasteiger partial charge in [-0.05, 0) is 48.8 Å². The summed E-state index contributed by atoms with van der Waals surface area (Å²) in [7, 11) is 0. The van der Waals surface area contributed by atoms with Gasteiger partial charge >= 0.3 is 0 Å². The van der Waals surface area contributed by atoms with Crippen LogP contribution in [0.3, 0.4) is 0 Å². The van der Waals surface area contributed by atoms with Crippen LogP contribution in [0, 0.1) is 10.7 Å². The SMILES string of the molecule is C[C@H]1C[C@@H]1c1ccc(/C=N\n2c(-c3ccccc3Br)n[nH]c2=S)o1. The first-order chi connectivity index (χ1) is 11.6. The van der Waals surface area contributed by atoms with Crippen molar-refractivity contribution in [3.63, 3.8) is 0 Å². The molecule has 0 saturated heterocycles. The van der Waals surface area contributed by atoms with Gasteiger partial charge < -0.3 is 4.42 Å². The van der Waals surface area contributed by atoms with E-state index in [1.165, 1.54) is 6.42 Å². The first kappa shape index (κ1) is 15.5. The number of nitrogens with one attached hydrogen (secondary N) is 1. The van der Waals surface area contributed by atoms with Crippen molar-refractivity contribution in [3.8, 4) is 11.4 Å². The third-order valence-electron chi connectivity index (χ3n) is 4.19. The Morgan fingerprint density at radius 2 is 2.17 bits per heavy atom. The van der Waals surface area contributed by atoms with E-state index < -0.39 is 0 Å². The third-order valence-corrected chi connectivity index (χ3v) is 5.14. The van der Waals surface area contributed by atoms with E-state index in [-0.39, 0.29) is 0 Å². The molecule has 1 saturated carbocycles. The quantitative estimate of drug-likeness (QED) is 0.494. The monoisotopic (exact) mass is 402 g/mol. The lowest BCUT2D eigenvalue weighted by Gasteiger charge is -2.02. The van der Waals surface area contributed by atoms with Crippen molar-refractivity contribution in [2.75, 3.05) is 0 Å². The summed E-state index contributed by atoms with van der Waals surface area (Å²) in [5, 5.41) is 11.5. The summed E-state index contributed by atoms with van der Waals surface area (Å²) >= 11 is 8.82. The number of rotatable bonds is 4. The Bertz CT molecular complexity index is 971. The summed E-state index contributed by atoms with van der Waals surface area (Å²) in [5.41, 5.74) is 0.911. The molecule has 122 valence electrons. The van der Waals surface area contributed by atoms with Crippen molar-refractivity contribution in [2.24, 2.45) is 11.0 Å². The maximum Gasteiger partial charge on any atom is 0.216 e. The highest BCUT2D eigenvalue weighted by Gasteiger charge is 2.36. The highest BCUT2D eigenvalue weighted by atomic mass is 79.9. The second-order valence-corrected chi connectivity index (χ2v) is 7.19. The summed E-state index contributed by atoms with van der Waals surface area (Å²) in [6, 6.07) is 11.8. The number of aromatic amines is 1. The van der Waals surface area contributed by atoms with Crippen LogP contribution >= 0.6 is 28.1 Å². The summed E-state index contributed by atoms with van der Waals surface area (Å²) in [5.74, 6) is 3.66. The zero-order valence-corrected chi connectivity index (χ0v) is 15.3. The first-order valence-corrected chi connectivity index (χ1v) is 8.90. The Balaban J connectivity index is 1.65. The molecular weight excluding hydrogens is 388 g/mol. The molecule has 2 atom stereocenters. The van der Waals surface area contributed by atoms with E-state index in [1.54, 1.807) is 10.9 Å². The topological polar surface area (TPSA) is 59.1 Å². The van der Waals surface area contributed by atoms with Crippen LogP contribution in [0.15, 0.2) is 50.4 Å². The number of H-pyrrole nitrogens is 1. The van der Waals surface area contributed by atoms with E-state index in [9.17, 15) is 0 Å². The zero-order chi connectivity index (χ0) is 16.7. The maximum absolute atomic E-state index is 5.85. The smallest absolute Gasteiger partial charge is 0.216 e. The molecule has 2 aromatic heterocycles. The van der Waals surface area contributed by atoms with Crippen molar-refractivity contribution < 1.29 is 4.42 Å². The molecule has 3 aromatic rings. The van der Waals surface area contributed by atoms with Gasteiger partial charge in [0.15, 0.2) is 5.82 Å². The predicted octanol–water partition coefficient (Wildman–Crippen LogP) is 4.97. The second-order valence-electron chi connectivity index (χ2n) is 5.95. The van der Waals surface area contributed by atoms with Crippen molar-refractivity contribution in [2.45, 2.75) is 19.3 Å². The van der Waals surface area contributed by atoms with E-state index in [0.29, 0.717) is 28.2 Å². The highest BCUT2D eigenvalue weighted by molar-refractivity contribution is 9.10. The minimum atomic E-state index is 0.430. The predicted molar refractivity (Wildman–Crippen MR) is 98.8 cm³/mol. The number of halogens is 1. The summed E-state index contributed by atoms with van der Waals surface area (Å²) in [4.78, 5) is 0. The molecular formula is C17H15BrN4OS. The summed E-state index contributed by atoms with van der Waals surface area (Å²) in [6.07, 6.45) is 2.87. The Hall–Kier alpha value is -1.99. The van der Waals surface area contributed by atoms with Gasteiger partial charge in [-0.2, -0.15) is 14.9 Å². The number of hydrogen-bond acceptors (Lipinski definition) is 4. The average molecular weight is 403 g/mol. The van der Waals surface area contributed by atoms with Crippen LogP contribution in [0.1, 0.15) is 30.8 Å². The van der Waals surface area contributed by atoms with Crippen LogP contribution in [-0.4, -0.2) is 21.1 Å².